The highest BCUT2D eigenvalue weighted by Gasteiger charge is 2.01. The molecule has 4 nitrogen and oxygen atoms in total. The summed E-state index contributed by atoms with van der Waals surface area (Å²) in [5, 5.41) is 12.9. The smallest absolute Gasteiger partial charge is 0.150 e. The lowest BCUT2D eigenvalue weighted by molar-refractivity contribution is 0.112. The van der Waals surface area contributed by atoms with Crippen LogP contribution in [0.3, 0.4) is 0 Å². The number of aromatic nitrogens is 2. The summed E-state index contributed by atoms with van der Waals surface area (Å²) in [5.41, 5.74) is 2.72. The Kier molecular flexibility index (Phi) is 3.67. The Morgan fingerprint density at radius 3 is 2.65 bits per heavy atom. The van der Waals surface area contributed by atoms with Gasteiger partial charge in [0.15, 0.2) is 0 Å². The Labute approximate surface area is 99.5 Å². The Morgan fingerprint density at radius 1 is 1.24 bits per heavy atom. The van der Waals surface area contributed by atoms with Gasteiger partial charge in [-0.3, -0.25) is 9.48 Å². The van der Waals surface area contributed by atoms with Crippen LogP contribution in [0.15, 0.2) is 36.7 Å². The second kappa shape index (κ2) is 5.41. The number of aldehydes is 1. The number of carbonyl (C=O) groups excluding carboxylic acids is 1. The van der Waals surface area contributed by atoms with Crippen molar-refractivity contribution in [2.24, 2.45) is 0 Å². The van der Waals surface area contributed by atoms with Gasteiger partial charge in [-0.25, -0.2) is 0 Å². The Morgan fingerprint density at radius 2 is 2.00 bits per heavy atom. The van der Waals surface area contributed by atoms with Crippen molar-refractivity contribution < 1.29 is 9.90 Å². The molecule has 17 heavy (non-hydrogen) atoms. The molecule has 2 rings (SSSR count). The Balaban J connectivity index is 2.15. The largest absolute Gasteiger partial charge is 0.396 e. The Bertz CT molecular complexity index is 488. The maximum Gasteiger partial charge on any atom is 0.150 e. The van der Waals surface area contributed by atoms with Gasteiger partial charge in [-0.15, -0.1) is 0 Å². The van der Waals surface area contributed by atoms with Gasteiger partial charge < -0.3 is 5.11 Å². The number of aliphatic hydroxyl groups is 1. The van der Waals surface area contributed by atoms with Crippen LogP contribution in [0.5, 0.6) is 0 Å². The molecule has 2 aromatic rings. The molecule has 0 atom stereocenters. The van der Waals surface area contributed by atoms with Gasteiger partial charge in [0.1, 0.15) is 6.29 Å². The lowest BCUT2D eigenvalue weighted by Crippen LogP contribution is -1.99. The average Bonchev–Trinajstić information content (AvgIpc) is 2.85. The molecular formula is C13H14N2O2. The molecule has 0 aliphatic heterocycles. The summed E-state index contributed by atoms with van der Waals surface area (Å²) in [5.74, 6) is 0. The van der Waals surface area contributed by atoms with E-state index in [2.05, 4.69) is 5.10 Å². The fourth-order valence-corrected chi connectivity index (χ4v) is 1.62. The molecule has 0 saturated carbocycles. The minimum absolute atomic E-state index is 0.170. The number of rotatable bonds is 5. The van der Waals surface area contributed by atoms with Crippen molar-refractivity contribution in [1.29, 1.82) is 0 Å². The summed E-state index contributed by atoms with van der Waals surface area (Å²) >= 11 is 0. The molecule has 1 heterocycles. The first-order valence-electron chi connectivity index (χ1n) is 5.52. The van der Waals surface area contributed by atoms with Crippen molar-refractivity contribution in [2.45, 2.75) is 13.0 Å². The lowest BCUT2D eigenvalue weighted by atomic mass is 10.1. The van der Waals surface area contributed by atoms with Gasteiger partial charge in [-0.05, 0) is 12.0 Å². The average molecular weight is 230 g/mol. The van der Waals surface area contributed by atoms with Crippen LogP contribution < -0.4 is 0 Å². The maximum atomic E-state index is 10.5. The number of aliphatic hydroxyl groups excluding tert-OH is 1. The number of nitrogens with zero attached hydrogens (tertiary/aromatic N) is 2. The highest BCUT2D eigenvalue weighted by atomic mass is 16.3. The van der Waals surface area contributed by atoms with E-state index in [4.69, 9.17) is 5.11 Å². The van der Waals surface area contributed by atoms with Crippen molar-refractivity contribution in [3.63, 3.8) is 0 Å². The van der Waals surface area contributed by atoms with E-state index in [-0.39, 0.29) is 6.61 Å². The summed E-state index contributed by atoms with van der Waals surface area (Å²) in [6.07, 6.45) is 5.25. The number of hydrogen-bond acceptors (Lipinski definition) is 3. The standard InChI is InChI=1S/C13H14N2O2/c16-7-1-6-15-9-13(8-14-15)12-4-2-11(10-17)3-5-12/h2-5,8-10,16H,1,6-7H2. The topological polar surface area (TPSA) is 55.1 Å². The van der Waals surface area contributed by atoms with E-state index in [1.807, 2.05) is 18.3 Å². The van der Waals surface area contributed by atoms with Gasteiger partial charge >= 0.3 is 0 Å². The molecule has 0 saturated heterocycles. The van der Waals surface area contributed by atoms with E-state index in [9.17, 15) is 4.79 Å². The molecule has 1 aromatic carbocycles. The second-order valence-electron chi connectivity index (χ2n) is 3.81. The molecule has 0 unspecified atom stereocenters. The lowest BCUT2D eigenvalue weighted by Gasteiger charge is -1.98. The van der Waals surface area contributed by atoms with E-state index in [1.54, 1.807) is 23.0 Å². The molecule has 1 N–H and O–H groups in total. The number of aryl methyl sites for hydroxylation is 1. The van der Waals surface area contributed by atoms with Crippen LogP contribution >= 0.6 is 0 Å². The van der Waals surface area contributed by atoms with E-state index in [0.29, 0.717) is 18.5 Å². The van der Waals surface area contributed by atoms with Crippen LogP contribution in [0, 0.1) is 0 Å². The molecule has 0 fully saturated rings. The third-order valence-corrected chi connectivity index (χ3v) is 2.56. The summed E-state index contributed by atoms with van der Waals surface area (Å²) in [4.78, 5) is 10.5. The third-order valence-electron chi connectivity index (χ3n) is 2.56. The van der Waals surface area contributed by atoms with Crippen molar-refractivity contribution >= 4 is 6.29 Å². The number of benzene rings is 1. The highest BCUT2D eigenvalue weighted by Crippen LogP contribution is 2.18. The highest BCUT2D eigenvalue weighted by molar-refractivity contribution is 5.76. The van der Waals surface area contributed by atoms with E-state index >= 15 is 0 Å². The number of carbonyl (C=O) groups is 1. The van der Waals surface area contributed by atoms with Gasteiger partial charge in [0.2, 0.25) is 0 Å². The minimum atomic E-state index is 0.170. The zero-order valence-corrected chi connectivity index (χ0v) is 9.41. The van der Waals surface area contributed by atoms with Crippen LogP contribution in [-0.2, 0) is 6.54 Å². The molecule has 0 aliphatic carbocycles. The number of hydrogen-bond donors (Lipinski definition) is 1. The fourth-order valence-electron chi connectivity index (χ4n) is 1.62. The van der Waals surface area contributed by atoms with E-state index in [0.717, 1.165) is 17.4 Å². The van der Waals surface area contributed by atoms with Crippen molar-refractivity contribution in [2.75, 3.05) is 6.61 Å². The first-order valence-corrected chi connectivity index (χ1v) is 5.52. The van der Waals surface area contributed by atoms with Gasteiger partial charge in [-0.1, -0.05) is 24.3 Å². The zero-order valence-electron chi connectivity index (χ0n) is 9.41. The molecule has 1 aromatic heterocycles. The molecule has 4 heteroatoms. The van der Waals surface area contributed by atoms with Gasteiger partial charge in [-0.2, -0.15) is 5.10 Å². The molecule has 0 bridgehead atoms. The van der Waals surface area contributed by atoms with Crippen LogP contribution in [0.25, 0.3) is 11.1 Å². The normalized spacial score (nSPS) is 10.4. The van der Waals surface area contributed by atoms with Gasteiger partial charge in [0.05, 0.1) is 6.20 Å². The molecule has 88 valence electrons. The quantitative estimate of drug-likeness (QED) is 0.796. The zero-order chi connectivity index (χ0) is 12.1. The summed E-state index contributed by atoms with van der Waals surface area (Å²) in [7, 11) is 0. The molecule has 0 radical (unpaired) electrons. The first kappa shape index (κ1) is 11.5. The van der Waals surface area contributed by atoms with Crippen LogP contribution in [0.1, 0.15) is 16.8 Å². The SMILES string of the molecule is O=Cc1ccc(-c2cnn(CCCO)c2)cc1. The first-order chi connectivity index (χ1) is 8.33. The third kappa shape index (κ3) is 2.79. The van der Waals surface area contributed by atoms with Crippen molar-refractivity contribution in [3.8, 4) is 11.1 Å². The Hall–Kier alpha value is -1.94. The second-order valence-corrected chi connectivity index (χ2v) is 3.81. The maximum absolute atomic E-state index is 10.5. The van der Waals surface area contributed by atoms with E-state index in [1.165, 1.54) is 0 Å². The van der Waals surface area contributed by atoms with Crippen molar-refractivity contribution in [3.05, 3.63) is 42.2 Å². The summed E-state index contributed by atoms with van der Waals surface area (Å²) < 4.78 is 1.80. The molecule has 0 amide bonds. The van der Waals surface area contributed by atoms with Crippen LogP contribution in [0.4, 0.5) is 0 Å². The van der Waals surface area contributed by atoms with Crippen LogP contribution in [0.2, 0.25) is 0 Å². The van der Waals surface area contributed by atoms with Gasteiger partial charge in [0, 0.05) is 30.5 Å². The molecule has 0 spiro atoms. The fraction of sp³-hybridized carbons (Fsp3) is 0.231. The summed E-state index contributed by atoms with van der Waals surface area (Å²) in [6, 6.07) is 7.37. The predicted octanol–water partition coefficient (Wildman–Crippen LogP) is 1.74. The molecular weight excluding hydrogens is 216 g/mol. The van der Waals surface area contributed by atoms with E-state index < -0.39 is 0 Å². The monoisotopic (exact) mass is 230 g/mol. The van der Waals surface area contributed by atoms with Crippen molar-refractivity contribution in [1.82, 2.24) is 9.78 Å². The van der Waals surface area contributed by atoms with Crippen LogP contribution in [-0.4, -0.2) is 27.8 Å². The minimum Gasteiger partial charge on any atom is -0.396 e. The molecule has 0 aliphatic rings. The summed E-state index contributed by atoms with van der Waals surface area (Å²) in [6.45, 7) is 0.881. The predicted molar refractivity (Wildman–Crippen MR) is 64.8 cm³/mol. The van der Waals surface area contributed by atoms with Gasteiger partial charge in [0.25, 0.3) is 0 Å².